The van der Waals surface area contributed by atoms with Gasteiger partial charge in [-0.15, -0.1) is 0 Å². The minimum atomic E-state index is -1.67. The number of hydrogen-bond donors (Lipinski definition) is 1. The van der Waals surface area contributed by atoms with Crippen LogP contribution < -0.4 is 0 Å². The van der Waals surface area contributed by atoms with Crippen molar-refractivity contribution in [3.63, 3.8) is 0 Å². The zero-order valence-corrected chi connectivity index (χ0v) is 9.02. The lowest BCUT2D eigenvalue weighted by Crippen LogP contribution is -2.05. The smallest absolute Gasteiger partial charge is 0.341 e. The molecule has 1 aromatic carbocycles. The summed E-state index contributed by atoms with van der Waals surface area (Å²) in [6.07, 6.45) is 0.244. The lowest BCUT2D eigenvalue weighted by molar-refractivity contribution is 0.0686. The summed E-state index contributed by atoms with van der Waals surface area (Å²) in [7, 11) is 0. The second-order valence-corrected chi connectivity index (χ2v) is 3.13. The van der Waals surface area contributed by atoms with E-state index in [9.17, 15) is 13.6 Å². The third kappa shape index (κ3) is 3.47. The molecule has 0 unspecified atom stereocenters. The highest BCUT2D eigenvalue weighted by molar-refractivity contribution is 5.88. The average Bonchev–Trinajstić information content (AvgIpc) is 2.27. The van der Waals surface area contributed by atoms with Gasteiger partial charge in [-0.3, -0.25) is 0 Å². The molecule has 0 saturated carbocycles. The molecule has 18 heavy (non-hydrogen) atoms. The van der Waals surface area contributed by atoms with Gasteiger partial charge in [0.15, 0.2) is 0 Å². The number of carboxylic acid groups (broad SMARTS) is 1. The summed E-state index contributed by atoms with van der Waals surface area (Å²) in [4.78, 5) is 13.0. The molecule has 0 heterocycles. The Labute approximate surface area is 101 Å². The van der Waals surface area contributed by atoms with Gasteiger partial charge in [-0.2, -0.15) is 0 Å². The number of azide groups is 1. The number of rotatable bonds is 3. The van der Waals surface area contributed by atoms with Crippen molar-refractivity contribution in [2.24, 2.45) is 5.11 Å². The number of halogens is 2. The molecule has 1 aromatic rings. The van der Waals surface area contributed by atoms with E-state index in [1.165, 1.54) is 0 Å². The van der Waals surface area contributed by atoms with E-state index in [-0.39, 0.29) is 18.5 Å². The van der Waals surface area contributed by atoms with E-state index in [4.69, 9.17) is 10.6 Å². The maximum absolute atomic E-state index is 13.2. The molecule has 0 radical (unpaired) electrons. The van der Waals surface area contributed by atoms with E-state index in [0.717, 1.165) is 12.1 Å². The third-order valence-electron chi connectivity index (χ3n) is 1.89. The molecular formula is C11H7F2N3O2. The van der Waals surface area contributed by atoms with Gasteiger partial charge in [0.2, 0.25) is 0 Å². The fourth-order valence-electron chi connectivity index (χ4n) is 1.16. The lowest BCUT2D eigenvalue weighted by Gasteiger charge is -2.00. The van der Waals surface area contributed by atoms with Crippen molar-refractivity contribution in [2.45, 2.75) is 6.42 Å². The first kappa shape index (κ1) is 13.5. The van der Waals surface area contributed by atoms with Crippen molar-refractivity contribution in [2.75, 3.05) is 6.54 Å². The van der Waals surface area contributed by atoms with Gasteiger partial charge in [0.1, 0.15) is 17.2 Å². The Morgan fingerprint density at radius 3 is 2.56 bits per heavy atom. The van der Waals surface area contributed by atoms with Gasteiger partial charge in [-0.25, -0.2) is 13.6 Å². The molecule has 92 valence electrons. The Bertz CT molecular complexity index is 561. The Balaban J connectivity index is 2.93. The van der Waals surface area contributed by atoms with Crippen LogP contribution in [0.2, 0.25) is 0 Å². The molecule has 0 aliphatic rings. The second-order valence-electron chi connectivity index (χ2n) is 3.13. The molecule has 5 nitrogen and oxygen atoms in total. The third-order valence-corrected chi connectivity index (χ3v) is 1.89. The molecule has 1 rings (SSSR count). The Morgan fingerprint density at radius 2 is 2.06 bits per heavy atom. The van der Waals surface area contributed by atoms with E-state index in [1.807, 2.05) is 0 Å². The van der Waals surface area contributed by atoms with Crippen LogP contribution in [0.4, 0.5) is 8.78 Å². The van der Waals surface area contributed by atoms with Crippen LogP contribution in [0.1, 0.15) is 22.3 Å². The lowest BCUT2D eigenvalue weighted by atomic mass is 10.1. The number of benzene rings is 1. The fraction of sp³-hybridized carbons (Fsp3) is 0.182. The predicted molar refractivity (Wildman–Crippen MR) is 58.8 cm³/mol. The normalized spacial score (nSPS) is 9.00. The molecule has 0 aliphatic heterocycles. The van der Waals surface area contributed by atoms with E-state index in [2.05, 4.69) is 21.9 Å². The Hall–Kier alpha value is -2.58. The molecule has 0 aromatic heterocycles. The Morgan fingerprint density at radius 1 is 1.44 bits per heavy atom. The molecule has 0 atom stereocenters. The first-order chi connectivity index (χ1) is 8.56. The van der Waals surface area contributed by atoms with Crippen molar-refractivity contribution in [3.8, 4) is 11.8 Å². The summed E-state index contributed by atoms with van der Waals surface area (Å²) in [6.45, 7) is 0.154. The highest BCUT2D eigenvalue weighted by Gasteiger charge is 2.16. The van der Waals surface area contributed by atoms with Crippen molar-refractivity contribution in [1.29, 1.82) is 0 Å². The quantitative estimate of drug-likeness (QED) is 0.294. The van der Waals surface area contributed by atoms with Crippen LogP contribution in [0.5, 0.6) is 0 Å². The molecular weight excluding hydrogens is 244 g/mol. The number of hydrogen-bond acceptors (Lipinski definition) is 2. The van der Waals surface area contributed by atoms with Gasteiger partial charge >= 0.3 is 5.97 Å². The van der Waals surface area contributed by atoms with Crippen molar-refractivity contribution in [1.82, 2.24) is 0 Å². The summed E-state index contributed by atoms with van der Waals surface area (Å²) in [5.41, 5.74) is 7.01. The minimum absolute atomic E-state index is 0.0240. The summed E-state index contributed by atoms with van der Waals surface area (Å²) in [6, 6.07) is 1.68. The molecule has 0 saturated heterocycles. The summed E-state index contributed by atoms with van der Waals surface area (Å²) < 4.78 is 26.5. The first-order valence-electron chi connectivity index (χ1n) is 4.78. The molecule has 0 spiro atoms. The van der Waals surface area contributed by atoms with Crippen LogP contribution in [0, 0.1) is 23.5 Å². The van der Waals surface area contributed by atoms with Gasteiger partial charge < -0.3 is 5.11 Å². The summed E-state index contributed by atoms with van der Waals surface area (Å²) >= 11 is 0. The molecule has 1 N–H and O–H groups in total. The van der Waals surface area contributed by atoms with E-state index in [1.54, 1.807) is 0 Å². The van der Waals surface area contributed by atoms with Crippen molar-refractivity contribution < 1.29 is 18.7 Å². The molecule has 0 aliphatic carbocycles. The van der Waals surface area contributed by atoms with Gasteiger partial charge in [0.05, 0.1) is 0 Å². The largest absolute Gasteiger partial charge is 0.477 e. The summed E-state index contributed by atoms with van der Waals surface area (Å²) in [5, 5.41) is 11.8. The van der Waals surface area contributed by atoms with E-state index < -0.39 is 23.2 Å². The topological polar surface area (TPSA) is 86.1 Å². The van der Waals surface area contributed by atoms with Crippen molar-refractivity contribution >= 4 is 5.97 Å². The number of carboxylic acids is 1. The van der Waals surface area contributed by atoms with Gasteiger partial charge in [-0.05, 0) is 17.7 Å². The van der Waals surface area contributed by atoms with Crippen LogP contribution in [0.15, 0.2) is 17.2 Å². The van der Waals surface area contributed by atoms with Crippen LogP contribution in [-0.4, -0.2) is 17.6 Å². The molecule has 0 amide bonds. The second kappa shape index (κ2) is 6.23. The maximum Gasteiger partial charge on any atom is 0.341 e. The highest BCUT2D eigenvalue weighted by Crippen LogP contribution is 2.14. The van der Waals surface area contributed by atoms with Crippen molar-refractivity contribution in [3.05, 3.63) is 45.3 Å². The summed E-state index contributed by atoms with van der Waals surface area (Å²) in [5.74, 6) is 0.958. The number of carbonyl (C=O) groups is 1. The highest BCUT2D eigenvalue weighted by atomic mass is 19.1. The van der Waals surface area contributed by atoms with E-state index in [0.29, 0.717) is 0 Å². The number of nitrogens with zero attached hydrogens (tertiary/aromatic N) is 3. The Kier molecular flexibility index (Phi) is 4.67. The van der Waals surface area contributed by atoms with Crippen LogP contribution >= 0.6 is 0 Å². The first-order valence-corrected chi connectivity index (χ1v) is 4.78. The zero-order valence-electron chi connectivity index (χ0n) is 9.02. The molecule has 7 heteroatoms. The molecule has 0 bridgehead atoms. The molecule has 0 fully saturated rings. The zero-order chi connectivity index (χ0) is 13.5. The van der Waals surface area contributed by atoms with Gasteiger partial charge in [-0.1, -0.05) is 17.0 Å². The van der Waals surface area contributed by atoms with Gasteiger partial charge in [0.25, 0.3) is 0 Å². The minimum Gasteiger partial charge on any atom is -0.477 e. The standard InChI is InChI=1S/C11H7F2N3O2/c12-8-5-7(3-1-2-4-15-16-14)6-9(13)10(8)11(17)18/h5-6H,2,4H2,(H,17,18). The van der Waals surface area contributed by atoms with Gasteiger partial charge in [0, 0.05) is 23.4 Å². The van der Waals surface area contributed by atoms with Crippen LogP contribution in [0.3, 0.4) is 0 Å². The monoisotopic (exact) mass is 251 g/mol. The predicted octanol–water partition coefficient (Wildman–Crippen LogP) is 2.71. The maximum atomic E-state index is 13.2. The average molecular weight is 251 g/mol. The SMILES string of the molecule is [N-]=[N+]=NCCC#Cc1cc(F)c(C(=O)O)c(F)c1. The van der Waals surface area contributed by atoms with E-state index >= 15 is 0 Å². The number of aromatic carboxylic acids is 1. The van der Waals surface area contributed by atoms with Crippen LogP contribution in [0.25, 0.3) is 10.4 Å². The van der Waals surface area contributed by atoms with Crippen LogP contribution in [-0.2, 0) is 0 Å². The fourth-order valence-corrected chi connectivity index (χ4v) is 1.16.